The topological polar surface area (TPSA) is 75.4 Å². The maximum atomic E-state index is 12.5. The first-order valence-electron chi connectivity index (χ1n) is 9.33. The zero-order chi connectivity index (χ0) is 19.3. The Hall–Kier alpha value is -3.48. The van der Waals surface area contributed by atoms with Crippen LogP contribution in [-0.4, -0.2) is 32.9 Å². The standard InChI is InChI=1S/C21H22N6O/c1-16-8-15-27(24-16)19-4-2-18(3-5-19)21(28)23-20-10-14-26(25-20)13-9-17-6-11-22-12-7-17/h2-7,10-12,14H,8-9,13,15H2,1H3,(H,23,25,28). The van der Waals surface area contributed by atoms with E-state index in [1.165, 1.54) is 5.56 Å². The summed E-state index contributed by atoms with van der Waals surface area (Å²) >= 11 is 0. The number of aryl methyl sites for hydroxylation is 2. The van der Waals surface area contributed by atoms with E-state index >= 15 is 0 Å². The number of nitrogens with one attached hydrogen (secondary N) is 1. The van der Waals surface area contributed by atoms with E-state index in [9.17, 15) is 4.79 Å². The number of hydrazone groups is 1. The van der Waals surface area contributed by atoms with Crippen molar-refractivity contribution < 1.29 is 4.79 Å². The van der Waals surface area contributed by atoms with Gasteiger partial charge in [0.25, 0.3) is 5.91 Å². The van der Waals surface area contributed by atoms with E-state index in [1.54, 1.807) is 18.5 Å². The zero-order valence-corrected chi connectivity index (χ0v) is 15.7. The second kappa shape index (κ2) is 8.04. The van der Waals surface area contributed by atoms with Crippen LogP contribution >= 0.6 is 0 Å². The fourth-order valence-corrected chi connectivity index (χ4v) is 3.08. The van der Waals surface area contributed by atoms with Gasteiger partial charge in [0.05, 0.1) is 5.69 Å². The average Bonchev–Trinajstić information content (AvgIpc) is 3.36. The van der Waals surface area contributed by atoms with Crippen LogP contribution in [0.5, 0.6) is 0 Å². The molecule has 0 aliphatic carbocycles. The molecule has 4 rings (SSSR count). The number of nitrogens with zero attached hydrogens (tertiary/aromatic N) is 5. The highest BCUT2D eigenvalue weighted by Gasteiger charge is 2.14. The van der Waals surface area contributed by atoms with E-state index in [1.807, 2.05) is 59.2 Å². The molecule has 0 fully saturated rings. The summed E-state index contributed by atoms with van der Waals surface area (Å²) < 4.78 is 1.83. The molecule has 7 nitrogen and oxygen atoms in total. The number of rotatable bonds is 6. The number of carbonyl (C=O) groups excluding carboxylic acids is 1. The molecule has 0 unspecified atom stereocenters. The molecule has 28 heavy (non-hydrogen) atoms. The minimum atomic E-state index is -0.174. The Morgan fingerprint density at radius 1 is 1.11 bits per heavy atom. The molecule has 0 radical (unpaired) electrons. The monoisotopic (exact) mass is 374 g/mol. The Kier molecular flexibility index (Phi) is 5.14. The largest absolute Gasteiger partial charge is 0.305 e. The summed E-state index contributed by atoms with van der Waals surface area (Å²) in [6.45, 7) is 3.65. The Morgan fingerprint density at radius 2 is 1.89 bits per heavy atom. The first-order valence-corrected chi connectivity index (χ1v) is 9.33. The highest BCUT2D eigenvalue weighted by molar-refractivity contribution is 6.03. The van der Waals surface area contributed by atoms with Crippen molar-refractivity contribution in [1.82, 2.24) is 14.8 Å². The summed E-state index contributed by atoms with van der Waals surface area (Å²) in [6, 6.07) is 13.3. The average molecular weight is 374 g/mol. The molecule has 1 amide bonds. The van der Waals surface area contributed by atoms with Gasteiger partial charge >= 0.3 is 0 Å². The van der Waals surface area contributed by atoms with Crippen LogP contribution in [0.3, 0.4) is 0 Å². The van der Waals surface area contributed by atoms with Gasteiger partial charge in [0.2, 0.25) is 0 Å². The van der Waals surface area contributed by atoms with Crippen molar-refractivity contribution in [1.29, 1.82) is 0 Å². The lowest BCUT2D eigenvalue weighted by Crippen LogP contribution is -2.14. The van der Waals surface area contributed by atoms with Crippen LogP contribution < -0.4 is 10.3 Å². The van der Waals surface area contributed by atoms with Gasteiger partial charge in [0, 0.05) is 55.4 Å². The first kappa shape index (κ1) is 17.9. The molecule has 3 heterocycles. The predicted octanol–water partition coefficient (Wildman–Crippen LogP) is 3.36. The number of aromatic nitrogens is 3. The van der Waals surface area contributed by atoms with Crippen LogP contribution in [0.2, 0.25) is 0 Å². The van der Waals surface area contributed by atoms with E-state index in [2.05, 4.69) is 20.5 Å². The van der Waals surface area contributed by atoms with Gasteiger partial charge in [-0.15, -0.1) is 0 Å². The van der Waals surface area contributed by atoms with E-state index in [0.29, 0.717) is 11.4 Å². The van der Waals surface area contributed by atoms with Gasteiger partial charge in [-0.1, -0.05) is 0 Å². The molecule has 1 aromatic carbocycles. The molecule has 0 saturated heterocycles. The van der Waals surface area contributed by atoms with Crippen molar-refractivity contribution in [3.05, 3.63) is 72.2 Å². The normalized spacial score (nSPS) is 13.5. The summed E-state index contributed by atoms with van der Waals surface area (Å²) in [5.74, 6) is 0.371. The summed E-state index contributed by atoms with van der Waals surface area (Å²) in [6.07, 6.45) is 7.27. The fourth-order valence-electron chi connectivity index (χ4n) is 3.08. The number of benzene rings is 1. The summed E-state index contributed by atoms with van der Waals surface area (Å²) in [7, 11) is 0. The molecule has 0 bridgehead atoms. The SMILES string of the molecule is CC1=NN(c2ccc(C(=O)Nc3ccn(CCc4ccncc4)n3)cc2)CC1. The Morgan fingerprint density at radius 3 is 2.61 bits per heavy atom. The van der Waals surface area contributed by atoms with Gasteiger partial charge in [0.15, 0.2) is 5.82 Å². The van der Waals surface area contributed by atoms with Gasteiger partial charge in [0.1, 0.15) is 0 Å². The molecular weight excluding hydrogens is 352 g/mol. The molecular formula is C21H22N6O. The van der Waals surface area contributed by atoms with Crippen LogP contribution in [0.4, 0.5) is 11.5 Å². The number of hydrogen-bond acceptors (Lipinski definition) is 5. The van der Waals surface area contributed by atoms with Crippen LogP contribution in [0.25, 0.3) is 0 Å². The lowest BCUT2D eigenvalue weighted by atomic mass is 10.2. The first-order chi connectivity index (χ1) is 13.7. The van der Waals surface area contributed by atoms with Crippen molar-refractivity contribution in [2.24, 2.45) is 5.10 Å². The van der Waals surface area contributed by atoms with Crippen LogP contribution in [0.1, 0.15) is 29.3 Å². The maximum absolute atomic E-state index is 12.5. The number of carbonyl (C=O) groups is 1. The molecule has 0 saturated carbocycles. The third-order valence-corrected chi connectivity index (χ3v) is 4.67. The molecule has 0 spiro atoms. The summed E-state index contributed by atoms with van der Waals surface area (Å²) in [5.41, 5.74) is 3.92. The van der Waals surface area contributed by atoms with Gasteiger partial charge in [-0.2, -0.15) is 10.2 Å². The fraction of sp³-hybridized carbons (Fsp3) is 0.238. The third kappa shape index (κ3) is 4.25. The third-order valence-electron chi connectivity index (χ3n) is 4.67. The molecule has 7 heteroatoms. The van der Waals surface area contributed by atoms with Crippen molar-refractivity contribution >= 4 is 23.1 Å². The number of amides is 1. The van der Waals surface area contributed by atoms with Crippen LogP contribution in [-0.2, 0) is 13.0 Å². The number of anilines is 2. The summed E-state index contributed by atoms with van der Waals surface area (Å²) in [5, 5.41) is 13.7. The predicted molar refractivity (Wildman–Crippen MR) is 110 cm³/mol. The van der Waals surface area contributed by atoms with Gasteiger partial charge in [-0.05, 0) is 55.3 Å². The molecule has 142 valence electrons. The van der Waals surface area contributed by atoms with Crippen LogP contribution in [0, 0.1) is 0 Å². The van der Waals surface area contributed by atoms with E-state index in [4.69, 9.17) is 0 Å². The number of hydrogen-bond donors (Lipinski definition) is 1. The second-order valence-electron chi connectivity index (χ2n) is 6.78. The van der Waals surface area contributed by atoms with Crippen molar-refractivity contribution in [2.45, 2.75) is 26.3 Å². The lowest BCUT2D eigenvalue weighted by molar-refractivity contribution is 0.102. The smallest absolute Gasteiger partial charge is 0.256 e. The molecule has 1 aliphatic heterocycles. The molecule has 1 aliphatic rings. The van der Waals surface area contributed by atoms with E-state index < -0.39 is 0 Å². The lowest BCUT2D eigenvalue weighted by Gasteiger charge is -2.13. The minimum absolute atomic E-state index is 0.174. The van der Waals surface area contributed by atoms with E-state index in [-0.39, 0.29) is 5.91 Å². The Balaban J connectivity index is 1.34. The maximum Gasteiger partial charge on any atom is 0.256 e. The van der Waals surface area contributed by atoms with Crippen molar-refractivity contribution in [3.63, 3.8) is 0 Å². The van der Waals surface area contributed by atoms with Gasteiger partial charge in [-0.3, -0.25) is 19.5 Å². The molecule has 1 N–H and O–H groups in total. The summed E-state index contributed by atoms with van der Waals surface area (Å²) in [4.78, 5) is 16.5. The van der Waals surface area contributed by atoms with Gasteiger partial charge < -0.3 is 5.32 Å². The van der Waals surface area contributed by atoms with E-state index in [0.717, 1.165) is 37.3 Å². The highest BCUT2D eigenvalue weighted by Crippen LogP contribution is 2.20. The quantitative estimate of drug-likeness (QED) is 0.718. The van der Waals surface area contributed by atoms with Gasteiger partial charge in [-0.25, -0.2) is 0 Å². The highest BCUT2D eigenvalue weighted by atomic mass is 16.1. The molecule has 2 aromatic heterocycles. The van der Waals surface area contributed by atoms with Crippen molar-refractivity contribution in [3.8, 4) is 0 Å². The zero-order valence-electron chi connectivity index (χ0n) is 15.7. The van der Waals surface area contributed by atoms with Crippen LogP contribution in [0.15, 0.2) is 66.2 Å². The second-order valence-corrected chi connectivity index (χ2v) is 6.78. The number of pyridine rings is 1. The van der Waals surface area contributed by atoms with Crippen molar-refractivity contribution in [2.75, 3.05) is 16.9 Å². The minimum Gasteiger partial charge on any atom is -0.305 e. The Labute approximate surface area is 163 Å². The molecule has 0 atom stereocenters. The Bertz CT molecular complexity index is 978. The molecule has 3 aromatic rings.